The van der Waals surface area contributed by atoms with Crippen molar-refractivity contribution in [3.8, 4) is 6.07 Å². The van der Waals surface area contributed by atoms with Gasteiger partial charge in [-0.05, 0) is 37.5 Å². The first kappa shape index (κ1) is 15.0. The molecular weight excluding hydrogens is 224 g/mol. The highest BCUT2D eigenvalue weighted by Crippen LogP contribution is 2.36. The van der Waals surface area contributed by atoms with Crippen molar-refractivity contribution < 1.29 is 4.79 Å². The van der Waals surface area contributed by atoms with E-state index in [1.165, 1.54) is 12.8 Å². The average molecular weight is 250 g/mol. The summed E-state index contributed by atoms with van der Waals surface area (Å²) in [5.74, 6) is -0.431. The molecule has 0 aliphatic heterocycles. The first-order valence-electron chi connectivity index (χ1n) is 7.07. The molecule has 18 heavy (non-hydrogen) atoms. The van der Waals surface area contributed by atoms with Crippen molar-refractivity contribution >= 4 is 5.91 Å². The summed E-state index contributed by atoms with van der Waals surface area (Å²) in [6.45, 7) is 6.60. The molecule has 0 N–H and O–H groups in total. The Morgan fingerprint density at radius 1 is 1.44 bits per heavy atom. The van der Waals surface area contributed by atoms with Gasteiger partial charge in [0.15, 0.2) is 0 Å². The van der Waals surface area contributed by atoms with E-state index in [0.29, 0.717) is 17.9 Å². The molecular formula is C15H26N2O. The Morgan fingerprint density at radius 2 is 2.00 bits per heavy atom. The SMILES string of the molecule is CCCC(C#N)C(=O)N(C)C1CCC(C)(C)CC1. The Labute approximate surface area is 111 Å². The van der Waals surface area contributed by atoms with Gasteiger partial charge in [0.25, 0.3) is 0 Å². The van der Waals surface area contributed by atoms with Gasteiger partial charge in [0, 0.05) is 13.1 Å². The first-order valence-corrected chi connectivity index (χ1v) is 7.07. The molecule has 0 bridgehead atoms. The minimum atomic E-state index is -0.449. The number of hydrogen-bond acceptors (Lipinski definition) is 2. The number of rotatable bonds is 4. The van der Waals surface area contributed by atoms with E-state index < -0.39 is 5.92 Å². The zero-order valence-electron chi connectivity index (χ0n) is 12.2. The minimum absolute atomic E-state index is 0.0176. The molecule has 1 atom stereocenters. The van der Waals surface area contributed by atoms with Gasteiger partial charge in [-0.3, -0.25) is 4.79 Å². The van der Waals surface area contributed by atoms with Crippen molar-refractivity contribution in [3.05, 3.63) is 0 Å². The van der Waals surface area contributed by atoms with Crippen LogP contribution in [0.5, 0.6) is 0 Å². The summed E-state index contributed by atoms with van der Waals surface area (Å²) < 4.78 is 0. The van der Waals surface area contributed by atoms with Crippen molar-refractivity contribution in [2.24, 2.45) is 11.3 Å². The van der Waals surface area contributed by atoms with Gasteiger partial charge in [0.1, 0.15) is 5.92 Å². The van der Waals surface area contributed by atoms with E-state index in [-0.39, 0.29) is 5.91 Å². The van der Waals surface area contributed by atoms with Gasteiger partial charge in [-0.25, -0.2) is 0 Å². The van der Waals surface area contributed by atoms with Crippen LogP contribution >= 0.6 is 0 Å². The van der Waals surface area contributed by atoms with Gasteiger partial charge < -0.3 is 4.90 Å². The lowest BCUT2D eigenvalue weighted by Gasteiger charge is -2.39. The Morgan fingerprint density at radius 3 is 2.44 bits per heavy atom. The number of amides is 1. The normalized spacial score (nSPS) is 21.1. The minimum Gasteiger partial charge on any atom is -0.342 e. The third-order valence-electron chi connectivity index (χ3n) is 4.24. The van der Waals surface area contributed by atoms with E-state index in [0.717, 1.165) is 19.3 Å². The smallest absolute Gasteiger partial charge is 0.239 e. The second-order valence-electron chi connectivity index (χ2n) is 6.31. The molecule has 1 fully saturated rings. The highest BCUT2D eigenvalue weighted by atomic mass is 16.2. The van der Waals surface area contributed by atoms with Crippen LogP contribution in [0, 0.1) is 22.7 Å². The third-order valence-corrected chi connectivity index (χ3v) is 4.24. The fourth-order valence-corrected chi connectivity index (χ4v) is 2.73. The van der Waals surface area contributed by atoms with Crippen LogP contribution in [-0.4, -0.2) is 23.9 Å². The van der Waals surface area contributed by atoms with Gasteiger partial charge in [-0.2, -0.15) is 5.26 Å². The average Bonchev–Trinajstić information content (AvgIpc) is 2.34. The van der Waals surface area contributed by atoms with Gasteiger partial charge in [0.05, 0.1) is 6.07 Å². The summed E-state index contributed by atoms with van der Waals surface area (Å²) >= 11 is 0. The molecule has 102 valence electrons. The number of nitrogens with zero attached hydrogens (tertiary/aromatic N) is 2. The summed E-state index contributed by atoms with van der Waals surface area (Å²) in [4.78, 5) is 14.1. The molecule has 1 aliphatic carbocycles. The van der Waals surface area contributed by atoms with Crippen LogP contribution in [0.4, 0.5) is 0 Å². The summed E-state index contributed by atoms with van der Waals surface area (Å²) in [5, 5.41) is 9.06. The van der Waals surface area contributed by atoms with Crippen LogP contribution in [0.25, 0.3) is 0 Å². The molecule has 0 aromatic rings. The molecule has 1 aliphatic rings. The quantitative estimate of drug-likeness (QED) is 0.768. The standard InChI is InChI=1S/C15H26N2O/c1-5-6-12(11-16)14(18)17(4)13-7-9-15(2,3)10-8-13/h12-13H,5-10H2,1-4H3. The highest BCUT2D eigenvalue weighted by Gasteiger charge is 2.32. The Hall–Kier alpha value is -1.04. The zero-order valence-corrected chi connectivity index (χ0v) is 12.2. The monoisotopic (exact) mass is 250 g/mol. The van der Waals surface area contributed by atoms with Crippen LogP contribution in [0.1, 0.15) is 59.3 Å². The second-order valence-corrected chi connectivity index (χ2v) is 6.31. The van der Waals surface area contributed by atoms with E-state index >= 15 is 0 Å². The molecule has 0 spiro atoms. The highest BCUT2D eigenvalue weighted by molar-refractivity contribution is 5.81. The molecule has 0 aromatic carbocycles. The molecule has 0 saturated heterocycles. The van der Waals surface area contributed by atoms with Crippen LogP contribution < -0.4 is 0 Å². The van der Waals surface area contributed by atoms with Crippen LogP contribution in [0.15, 0.2) is 0 Å². The van der Waals surface area contributed by atoms with E-state index in [2.05, 4.69) is 19.9 Å². The van der Waals surface area contributed by atoms with Gasteiger partial charge in [-0.1, -0.05) is 27.2 Å². The first-order chi connectivity index (χ1) is 8.41. The molecule has 3 heteroatoms. The molecule has 3 nitrogen and oxygen atoms in total. The van der Waals surface area contributed by atoms with Gasteiger partial charge in [-0.15, -0.1) is 0 Å². The Bertz CT molecular complexity index is 320. The lowest BCUT2D eigenvalue weighted by atomic mass is 9.75. The van der Waals surface area contributed by atoms with E-state index in [1.807, 2.05) is 18.9 Å². The maximum Gasteiger partial charge on any atom is 0.239 e. The molecule has 1 rings (SSSR count). The van der Waals surface area contributed by atoms with Crippen molar-refractivity contribution in [2.45, 2.75) is 65.3 Å². The molecule has 0 aromatic heterocycles. The maximum atomic E-state index is 12.2. The van der Waals surface area contributed by atoms with E-state index in [1.54, 1.807) is 0 Å². The number of nitriles is 1. The van der Waals surface area contributed by atoms with Crippen molar-refractivity contribution in [3.63, 3.8) is 0 Å². The van der Waals surface area contributed by atoms with E-state index in [9.17, 15) is 4.79 Å². The Kier molecular flexibility index (Phi) is 5.19. The van der Waals surface area contributed by atoms with Gasteiger partial charge in [0.2, 0.25) is 5.91 Å². The van der Waals surface area contributed by atoms with Crippen LogP contribution in [0.3, 0.4) is 0 Å². The lowest BCUT2D eigenvalue weighted by Crippen LogP contribution is -2.43. The van der Waals surface area contributed by atoms with Crippen LogP contribution in [-0.2, 0) is 4.79 Å². The van der Waals surface area contributed by atoms with Crippen LogP contribution in [0.2, 0.25) is 0 Å². The van der Waals surface area contributed by atoms with Crippen molar-refractivity contribution in [2.75, 3.05) is 7.05 Å². The predicted octanol–water partition coefficient (Wildman–Crippen LogP) is 3.35. The fraction of sp³-hybridized carbons (Fsp3) is 0.867. The molecule has 1 unspecified atom stereocenters. The molecule has 0 radical (unpaired) electrons. The number of carbonyl (C=O) groups excluding carboxylic acids is 1. The summed E-state index contributed by atoms with van der Waals surface area (Å²) in [7, 11) is 1.87. The summed E-state index contributed by atoms with van der Waals surface area (Å²) in [5.41, 5.74) is 0.415. The molecule has 1 amide bonds. The van der Waals surface area contributed by atoms with Crippen molar-refractivity contribution in [1.82, 2.24) is 4.90 Å². The van der Waals surface area contributed by atoms with Crippen molar-refractivity contribution in [1.29, 1.82) is 5.26 Å². The van der Waals surface area contributed by atoms with Gasteiger partial charge >= 0.3 is 0 Å². The van der Waals surface area contributed by atoms with E-state index in [4.69, 9.17) is 5.26 Å². The summed E-state index contributed by atoms with van der Waals surface area (Å²) in [6, 6.07) is 2.48. The topological polar surface area (TPSA) is 44.1 Å². The Balaban J connectivity index is 2.57. The zero-order chi connectivity index (χ0) is 13.8. The second kappa shape index (κ2) is 6.22. The third kappa shape index (κ3) is 3.73. The lowest BCUT2D eigenvalue weighted by molar-refractivity contribution is -0.135. The fourth-order valence-electron chi connectivity index (χ4n) is 2.73. The predicted molar refractivity (Wildman–Crippen MR) is 72.8 cm³/mol. The largest absolute Gasteiger partial charge is 0.342 e. The maximum absolute atomic E-state index is 12.2. The summed E-state index contributed by atoms with van der Waals surface area (Å²) in [6.07, 6.45) is 6.03. The number of carbonyl (C=O) groups is 1. The molecule has 0 heterocycles. The number of hydrogen-bond donors (Lipinski definition) is 0. The molecule has 1 saturated carbocycles.